The average molecular weight is 313 g/mol. The number of rotatable bonds is 6. The molecule has 0 saturated heterocycles. The summed E-state index contributed by atoms with van der Waals surface area (Å²) in [6, 6.07) is -0.225. The zero-order chi connectivity index (χ0) is 15.6. The van der Waals surface area contributed by atoms with E-state index >= 15 is 0 Å². The maximum atomic E-state index is 12.3. The van der Waals surface area contributed by atoms with Crippen molar-refractivity contribution >= 4 is 10.0 Å². The normalized spacial score (nSPS) is 18.3. The fourth-order valence-electron chi connectivity index (χ4n) is 3.51. The van der Waals surface area contributed by atoms with Crippen molar-refractivity contribution in [2.75, 3.05) is 5.75 Å². The highest BCUT2D eigenvalue weighted by molar-refractivity contribution is 7.89. The van der Waals surface area contributed by atoms with E-state index in [0.717, 1.165) is 49.2 Å². The minimum atomic E-state index is -3.23. The third-order valence-electron chi connectivity index (χ3n) is 4.46. The molecule has 1 fully saturated rings. The molecule has 0 aromatic carbocycles. The van der Waals surface area contributed by atoms with Crippen LogP contribution in [0.3, 0.4) is 0 Å². The van der Waals surface area contributed by atoms with Crippen molar-refractivity contribution in [3.05, 3.63) is 17.0 Å². The van der Waals surface area contributed by atoms with E-state index in [1.54, 1.807) is 0 Å². The van der Waals surface area contributed by atoms with Crippen molar-refractivity contribution in [3.8, 4) is 0 Å². The van der Waals surface area contributed by atoms with Crippen LogP contribution in [-0.4, -0.2) is 24.0 Å². The van der Waals surface area contributed by atoms with Gasteiger partial charge < -0.3 is 0 Å². The summed E-state index contributed by atoms with van der Waals surface area (Å²) in [6.07, 6.45) is 4.41. The molecule has 1 atom stereocenters. The number of aryl methyl sites for hydroxylation is 2. The largest absolute Gasteiger partial charge is 0.270 e. The van der Waals surface area contributed by atoms with Crippen LogP contribution < -0.4 is 4.72 Å². The predicted molar refractivity (Wildman–Crippen MR) is 84.7 cm³/mol. The molecule has 6 heteroatoms. The van der Waals surface area contributed by atoms with E-state index in [4.69, 9.17) is 0 Å². The summed E-state index contributed by atoms with van der Waals surface area (Å²) >= 11 is 0. The number of sulfonamides is 1. The highest BCUT2D eigenvalue weighted by Gasteiger charge is 2.26. The van der Waals surface area contributed by atoms with E-state index < -0.39 is 10.0 Å². The summed E-state index contributed by atoms with van der Waals surface area (Å²) in [4.78, 5) is 0. The lowest BCUT2D eigenvalue weighted by Gasteiger charge is -2.17. The molecule has 0 aliphatic heterocycles. The van der Waals surface area contributed by atoms with E-state index in [1.807, 2.05) is 32.4 Å². The van der Waals surface area contributed by atoms with Crippen molar-refractivity contribution in [2.45, 2.75) is 66.0 Å². The van der Waals surface area contributed by atoms with Gasteiger partial charge in [-0.1, -0.05) is 12.8 Å². The Morgan fingerprint density at radius 3 is 2.48 bits per heavy atom. The van der Waals surface area contributed by atoms with Gasteiger partial charge >= 0.3 is 0 Å². The lowest BCUT2D eigenvalue weighted by atomic mass is 10.1. The van der Waals surface area contributed by atoms with E-state index in [2.05, 4.69) is 9.82 Å². The zero-order valence-corrected chi connectivity index (χ0v) is 14.3. The Kier molecular flexibility index (Phi) is 5.09. The van der Waals surface area contributed by atoms with Gasteiger partial charge in [0.1, 0.15) is 0 Å². The molecular weight excluding hydrogens is 286 g/mol. The van der Waals surface area contributed by atoms with Gasteiger partial charge in [0.05, 0.1) is 11.4 Å². The van der Waals surface area contributed by atoms with E-state index in [1.165, 1.54) is 0 Å². The molecule has 2 rings (SSSR count). The Labute approximate surface area is 128 Å². The number of hydrogen-bond acceptors (Lipinski definition) is 3. The number of nitrogens with one attached hydrogen (secondary N) is 1. The molecule has 1 aromatic rings. The minimum Gasteiger partial charge on any atom is -0.270 e. The van der Waals surface area contributed by atoms with Crippen LogP contribution in [-0.2, 0) is 16.6 Å². The molecule has 5 nitrogen and oxygen atoms in total. The highest BCUT2D eigenvalue weighted by Crippen LogP contribution is 2.27. The van der Waals surface area contributed by atoms with Gasteiger partial charge in [0, 0.05) is 23.8 Å². The highest BCUT2D eigenvalue weighted by atomic mass is 32.2. The van der Waals surface area contributed by atoms with Crippen molar-refractivity contribution in [2.24, 2.45) is 5.92 Å². The van der Waals surface area contributed by atoms with Crippen LogP contribution in [0.1, 0.15) is 62.5 Å². The second-order valence-corrected chi connectivity index (χ2v) is 7.97. The second-order valence-electron chi connectivity index (χ2n) is 6.17. The summed E-state index contributed by atoms with van der Waals surface area (Å²) in [5.74, 6) is 0.590. The predicted octanol–water partition coefficient (Wildman–Crippen LogP) is 2.69. The van der Waals surface area contributed by atoms with Crippen LogP contribution in [0.15, 0.2) is 0 Å². The van der Waals surface area contributed by atoms with Gasteiger partial charge in [0.25, 0.3) is 0 Å². The van der Waals surface area contributed by atoms with Gasteiger partial charge in [-0.25, -0.2) is 13.1 Å². The van der Waals surface area contributed by atoms with Crippen LogP contribution in [0.4, 0.5) is 0 Å². The second kappa shape index (κ2) is 6.48. The lowest BCUT2D eigenvalue weighted by molar-refractivity contribution is 0.536. The van der Waals surface area contributed by atoms with E-state index in [-0.39, 0.29) is 11.8 Å². The quantitative estimate of drug-likeness (QED) is 0.878. The molecule has 0 unspecified atom stereocenters. The molecule has 1 saturated carbocycles. The molecule has 1 heterocycles. The van der Waals surface area contributed by atoms with Crippen molar-refractivity contribution < 1.29 is 8.42 Å². The van der Waals surface area contributed by atoms with Crippen molar-refractivity contribution in [3.63, 3.8) is 0 Å². The molecule has 120 valence electrons. The lowest BCUT2D eigenvalue weighted by Crippen LogP contribution is -2.32. The summed E-state index contributed by atoms with van der Waals surface area (Å²) < 4.78 is 29.4. The first-order valence-corrected chi connectivity index (χ1v) is 9.53. The van der Waals surface area contributed by atoms with Crippen LogP contribution in [0.5, 0.6) is 0 Å². The van der Waals surface area contributed by atoms with Gasteiger partial charge in [-0.2, -0.15) is 5.10 Å². The molecule has 21 heavy (non-hydrogen) atoms. The molecule has 0 radical (unpaired) electrons. The fraction of sp³-hybridized carbons (Fsp3) is 0.800. The van der Waals surface area contributed by atoms with Crippen LogP contribution >= 0.6 is 0 Å². The molecular formula is C15H27N3O2S. The van der Waals surface area contributed by atoms with Gasteiger partial charge in [-0.15, -0.1) is 0 Å². The average Bonchev–Trinajstić information content (AvgIpc) is 2.96. The summed E-state index contributed by atoms with van der Waals surface area (Å²) in [7, 11) is -3.23. The Bertz CT molecular complexity index is 586. The van der Waals surface area contributed by atoms with Crippen molar-refractivity contribution in [1.82, 2.24) is 14.5 Å². The molecule has 0 amide bonds. The monoisotopic (exact) mass is 313 g/mol. The third-order valence-corrected chi connectivity index (χ3v) is 6.08. The summed E-state index contributed by atoms with van der Waals surface area (Å²) in [5.41, 5.74) is 2.96. The van der Waals surface area contributed by atoms with E-state index in [9.17, 15) is 8.42 Å². The van der Waals surface area contributed by atoms with Gasteiger partial charge in [0.15, 0.2) is 0 Å². The Morgan fingerprint density at radius 2 is 1.95 bits per heavy atom. The third kappa shape index (κ3) is 3.86. The summed E-state index contributed by atoms with van der Waals surface area (Å²) in [6.45, 7) is 8.69. The molecule has 0 spiro atoms. The number of hydrogen-bond donors (Lipinski definition) is 1. The van der Waals surface area contributed by atoms with Crippen LogP contribution in [0.2, 0.25) is 0 Å². The Morgan fingerprint density at radius 1 is 1.33 bits per heavy atom. The Hall–Kier alpha value is -0.880. The summed E-state index contributed by atoms with van der Waals surface area (Å²) in [5, 5.41) is 4.46. The molecule has 1 aliphatic rings. The smallest absolute Gasteiger partial charge is 0.212 e. The first kappa shape index (κ1) is 16.5. The Balaban J connectivity index is 2.09. The number of aromatic nitrogens is 2. The number of nitrogens with zero attached hydrogens (tertiary/aromatic N) is 2. The van der Waals surface area contributed by atoms with Crippen LogP contribution in [0.25, 0.3) is 0 Å². The first-order chi connectivity index (χ1) is 9.84. The standard InChI is InChI=1S/C15H27N3O2S/c1-5-18-13(4)15(11(2)16-18)12(3)17-21(19,20)10-14-8-6-7-9-14/h12,14,17H,5-10H2,1-4H3/t12-/m0/s1. The van der Waals surface area contributed by atoms with E-state index in [0.29, 0.717) is 5.92 Å². The molecule has 1 N–H and O–H groups in total. The first-order valence-electron chi connectivity index (χ1n) is 7.88. The SMILES string of the molecule is CCn1nc(C)c([C@H](C)NS(=O)(=O)CC2CCCC2)c1C. The van der Waals surface area contributed by atoms with Gasteiger partial charge in [-0.3, -0.25) is 4.68 Å². The topological polar surface area (TPSA) is 64.0 Å². The maximum absolute atomic E-state index is 12.3. The molecule has 0 bridgehead atoms. The molecule has 1 aliphatic carbocycles. The maximum Gasteiger partial charge on any atom is 0.212 e. The van der Waals surface area contributed by atoms with Crippen molar-refractivity contribution in [1.29, 1.82) is 0 Å². The van der Waals surface area contributed by atoms with Crippen LogP contribution in [0, 0.1) is 19.8 Å². The zero-order valence-electron chi connectivity index (χ0n) is 13.5. The van der Waals surface area contributed by atoms with Gasteiger partial charge in [0.2, 0.25) is 10.0 Å². The molecule has 1 aromatic heterocycles. The fourth-order valence-corrected chi connectivity index (χ4v) is 5.22. The minimum absolute atomic E-state index is 0.225. The van der Waals surface area contributed by atoms with Gasteiger partial charge in [-0.05, 0) is 46.5 Å².